The predicted molar refractivity (Wildman–Crippen MR) is 71.7 cm³/mol. The monoisotopic (exact) mass is 330 g/mol. The highest BCUT2D eigenvalue weighted by atomic mass is 127. The fourth-order valence-corrected chi connectivity index (χ4v) is 1.86. The van der Waals surface area contributed by atoms with Crippen molar-refractivity contribution in [3.63, 3.8) is 0 Å². The summed E-state index contributed by atoms with van der Waals surface area (Å²) in [5, 5.41) is 3.70. The molecule has 1 heterocycles. The first-order chi connectivity index (χ1) is 7.25. The second-order valence-corrected chi connectivity index (χ2v) is 4.50. The zero-order chi connectivity index (χ0) is 10.7. The third-order valence-electron chi connectivity index (χ3n) is 1.85. The number of halogens is 2. The smallest absolute Gasteiger partial charge is 0.132 e. The van der Waals surface area contributed by atoms with Crippen molar-refractivity contribution >= 4 is 45.7 Å². The summed E-state index contributed by atoms with van der Waals surface area (Å²) in [5.74, 6) is 0.756. The van der Waals surface area contributed by atoms with E-state index in [-0.39, 0.29) is 0 Å². The van der Waals surface area contributed by atoms with Crippen LogP contribution in [0.15, 0.2) is 42.5 Å². The Morgan fingerprint density at radius 2 is 1.87 bits per heavy atom. The van der Waals surface area contributed by atoms with Crippen LogP contribution in [-0.4, -0.2) is 4.98 Å². The average molecular weight is 331 g/mol. The van der Waals surface area contributed by atoms with Gasteiger partial charge in [-0.2, -0.15) is 0 Å². The van der Waals surface area contributed by atoms with Crippen LogP contribution in [0.25, 0.3) is 0 Å². The highest BCUT2D eigenvalue weighted by Gasteiger charge is 1.99. The molecule has 0 saturated heterocycles. The molecule has 2 aromatic rings. The molecule has 0 aliphatic rings. The molecule has 0 atom stereocenters. The van der Waals surface area contributed by atoms with Crippen molar-refractivity contribution < 1.29 is 0 Å². The summed E-state index contributed by atoms with van der Waals surface area (Å²) in [6.07, 6.45) is 0. The minimum Gasteiger partial charge on any atom is -0.339 e. The second-order valence-electron chi connectivity index (χ2n) is 2.95. The quantitative estimate of drug-likeness (QED) is 0.663. The first-order valence-electron chi connectivity index (χ1n) is 4.40. The van der Waals surface area contributed by atoms with Crippen LogP contribution in [-0.2, 0) is 0 Å². The van der Waals surface area contributed by atoms with E-state index in [1.165, 1.54) is 0 Å². The third-order valence-corrected chi connectivity index (χ3v) is 3.00. The lowest BCUT2D eigenvalue weighted by atomic mass is 10.3. The van der Waals surface area contributed by atoms with Gasteiger partial charge in [-0.3, -0.25) is 0 Å². The van der Waals surface area contributed by atoms with Gasteiger partial charge in [0.1, 0.15) is 11.0 Å². The van der Waals surface area contributed by atoms with E-state index in [0.29, 0.717) is 5.15 Å². The van der Waals surface area contributed by atoms with Gasteiger partial charge in [0.25, 0.3) is 0 Å². The molecule has 1 N–H and O–H groups in total. The largest absolute Gasteiger partial charge is 0.339 e. The van der Waals surface area contributed by atoms with Crippen LogP contribution in [0.4, 0.5) is 11.5 Å². The van der Waals surface area contributed by atoms with E-state index < -0.39 is 0 Å². The Bertz CT molecular complexity index is 474. The van der Waals surface area contributed by atoms with Gasteiger partial charge in [0, 0.05) is 3.57 Å². The van der Waals surface area contributed by atoms with E-state index in [4.69, 9.17) is 11.6 Å². The fourth-order valence-electron chi connectivity index (χ4n) is 1.18. The van der Waals surface area contributed by atoms with Crippen molar-refractivity contribution in [2.45, 2.75) is 0 Å². The number of nitrogens with one attached hydrogen (secondary N) is 1. The Morgan fingerprint density at radius 1 is 1.07 bits per heavy atom. The van der Waals surface area contributed by atoms with E-state index in [1.807, 2.05) is 36.4 Å². The van der Waals surface area contributed by atoms with Crippen molar-refractivity contribution in [1.82, 2.24) is 4.98 Å². The lowest BCUT2D eigenvalue weighted by Gasteiger charge is -2.07. The van der Waals surface area contributed by atoms with E-state index in [9.17, 15) is 0 Å². The SMILES string of the molecule is Clc1cccc(Nc2ccccc2I)n1. The molecule has 0 amide bonds. The van der Waals surface area contributed by atoms with Crippen LogP contribution in [0.2, 0.25) is 5.15 Å². The number of aromatic nitrogens is 1. The van der Waals surface area contributed by atoms with E-state index in [2.05, 4.69) is 32.9 Å². The topological polar surface area (TPSA) is 24.9 Å². The number of hydrogen-bond donors (Lipinski definition) is 1. The molecule has 0 spiro atoms. The molecule has 4 heteroatoms. The van der Waals surface area contributed by atoms with Crippen molar-refractivity contribution in [2.24, 2.45) is 0 Å². The molecule has 0 aliphatic heterocycles. The summed E-state index contributed by atoms with van der Waals surface area (Å²) in [5.41, 5.74) is 1.04. The molecule has 2 rings (SSSR count). The van der Waals surface area contributed by atoms with Crippen molar-refractivity contribution in [2.75, 3.05) is 5.32 Å². The minimum atomic E-state index is 0.492. The average Bonchev–Trinajstić information content (AvgIpc) is 2.22. The van der Waals surface area contributed by atoms with Crippen LogP contribution in [0.3, 0.4) is 0 Å². The molecule has 76 valence electrons. The Hall–Kier alpha value is -0.810. The maximum absolute atomic E-state index is 5.80. The first kappa shape index (κ1) is 10.7. The summed E-state index contributed by atoms with van der Waals surface area (Å²) >= 11 is 8.07. The maximum Gasteiger partial charge on any atom is 0.132 e. The fraction of sp³-hybridized carbons (Fsp3) is 0. The highest BCUT2D eigenvalue weighted by molar-refractivity contribution is 14.1. The number of benzene rings is 1. The summed E-state index contributed by atoms with van der Waals surface area (Å²) in [7, 11) is 0. The third kappa shape index (κ3) is 2.82. The van der Waals surface area contributed by atoms with E-state index in [0.717, 1.165) is 15.1 Å². The van der Waals surface area contributed by atoms with E-state index >= 15 is 0 Å². The van der Waals surface area contributed by atoms with Crippen LogP contribution in [0.5, 0.6) is 0 Å². The Labute approximate surface area is 107 Å². The number of anilines is 2. The molecule has 0 radical (unpaired) electrons. The summed E-state index contributed by atoms with van der Waals surface area (Å²) in [4.78, 5) is 4.16. The van der Waals surface area contributed by atoms with Crippen LogP contribution in [0, 0.1) is 3.57 Å². The van der Waals surface area contributed by atoms with Crippen LogP contribution < -0.4 is 5.32 Å². The minimum absolute atomic E-state index is 0.492. The Kier molecular flexibility index (Phi) is 3.43. The van der Waals surface area contributed by atoms with Gasteiger partial charge in [0.05, 0.1) is 5.69 Å². The van der Waals surface area contributed by atoms with Gasteiger partial charge >= 0.3 is 0 Å². The normalized spacial score (nSPS) is 10.0. The molecule has 2 nitrogen and oxygen atoms in total. The molecule has 0 bridgehead atoms. The number of pyridine rings is 1. The second kappa shape index (κ2) is 4.81. The van der Waals surface area contributed by atoms with E-state index in [1.54, 1.807) is 6.07 Å². The van der Waals surface area contributed by atoms with Crippen molar-refractivity contribution in [3.8, 4) is 0 Å². The lowest BCUT2D eigenvalue weighted by Crippen LogP contribution is -1.94. The molecule has 0 unspecified atom stereocenters. The highest BCUT2D eigenvalue weighted by Crippen LogP contribution is 2.21. The number of para-hydroxylation sites is 1. The van der Waals surface area contributed by atoms with Crippen molar-refractivity contribution in [3.05, 3.63) is 51.2 Å². The number of rotatable bonds is 2. The van der Waals surface area contributed by atoms with Gasteiger partial charge in [0.15, 0.2) is 0 Å². The molecule has 0 aliphatic carbocycles. The summed E-state index contributed by atoms with van der Waals surface area (Å²) in [6, 6.07) is 13.5. The molecule has 0 saturated carbocycles. The molecular formula is C11H8ClIN2. The molecule has 1 aromatic carbocycles. The lowest BCUT2D eigenvalue weighted by molar-refractivity contribution is 1.30. The molecule has 15 heavy (non-hydrogen) atoms. The van der Waals surface area contributed by atoms with Gasteiger partial charge < -0.3 is 5.32 Å². The van der Waals surface area contributed by atoms with Crippen LogP contribution >= 0.6 is 34.2 Å². The summed E-state index contributed by atoms with van der Waals surface area (Å²) < 4.78 is 1.15. The molecule has 1 aromatic heterocycles. The molecule has 0 fully saturated rings. The predicted octanol–water partition coefficient (Wildman–Crippen LogP) is 4.08. The summed E-state index contributed by atoms with van der Waals surface area (Å²) in [6.45, 7) is 0. The van der Waals surface area contributed by atoms with Crippen molar-refractivity contribution in [1.29, 1.82) is 0 Å². The van der Waals surface area contributed by atoms with Gasteiger partial charge in [-0.05, 0) is 46.9 Å². The van der Waals surface area contributed by atoms with Gasteiger partial charge in [-0.1, -0.05) is 29.8 Å². The zero-order valence-electron chi connectivity index (χ0n) is 7.74. The van der Waals surface area contributed by atoms with Gasteiger partial charge in [0.2, 0.25) is 0 Å². The Morgan fingerprint density at radius 3 is 2.60 bits per heavy atom. The van der Waals surface area contributed by atoms with Gasteiger partial charge in [-0.25, -0.2) is 4.98 Å². The number of hydrogen-bond acceptors (Lipinski definition) is 2. The van der Waals surface area contributed by atoms with Crippen LogP contribution in [0.1, 0.15) is 0 Å². The first-order valence-corrected chi connectivity index (χ1v) is 5.85. The number of nitrogens with zero attached hydrogens (tertiary/aromatic N) is 1. The standard InChI is InChI=1S/C11H8ClIN2/c12-10-6-3-7-11(15-10)14-9-5-2-1-4-8(9)13/h1-7H,(H,14,15). The Balaban J connectivity index is 2.26. The van der Waals surface area contributed by atoms with Gasteiger partial charge in [-0.15, -0.1) is 0 Å². The maximum atomic E-state index is 5.80. The molecular weight excluding hydrogens is 322 g/mol. The zero-order valence-corrected chi connectivity index (χ0v) is 10.7.